The van der Waals surface area contributed by atoms with E-state index in [1.165, 1.54) is 23.3 Å². The monoisotopic (exact) mass is 220 g/mol. The second-order valence-electron chi connectivity index (χ2n) is 4.36. The SMILES string of the molecule is O=C(O)CC1c2ccccc2SC12CC2. The molecular weight excluding hydrogens is 208 g/mol. The smallest absolute Gasteiger partial charge is 0.304 e. The summed E-state index contributed by atoms with van der Waals surface area (Å²) in [5.41, 5.74) is 1.25. The standard InChI is InChI=1S/C12H12O2S/c13-11(14)7-9-8-3-1-2-4-10(8)15-12(9)5-6-12/h1-4,9H,5-7H2,(H,13,14). The molecule has 1 unspecified atom stereocenters. The average molecular weight is 220 g/mol. The normalized spacial score (nSPS) is 25.2. The van der Waals surface area contributed by atoms with E-state index in [4.69, 9.17) is 5.11 Å². The Bertz CT molecular complexity index is 423. The molecular formula is C12H12O2S. The van der Waals surface area contributed by atoms with Gasteiger partial charge in [0.1, 0.15) is 0 Å². The highest BCUT2D eigenvalue weighted by Gasteiger charge is 2.55. The average Bonchev–Trinajstić information content (AvgIpc) is 2.89. The Morgan fingerprint density at radius 1 is 1.47 bits per heavy atom. The summed E-state index contributed by atoms with van der Waals surface area (Å²) in [4.78, 5) is 12.2. The molecule has 78 valence electrons. The first-order valence-corrected chi connectivity index (χ1v) is 6.03. The van der Waals surface area contributed by atoms with Gasteiger partial charge in [0.15, 0.2) is 0 Å². The van der Waals surface area contributed by atoms with Crippen molar-refractivity contribution in [1.82, 2.24) is 0 Å². The van der Waals surface area contributed by atoms with Gasteiger partial charge in [0, 0.05) is 15.6 Å². The van der Waals surface area contributed by atoms with E-state index in [-0.39, 0.29) is 17.1 Å². The van der Waals surface area contributed by atoms with E-state index in [1.807, 2.05) is 23.9 Å². The molecule has 0 amide bonds. The van der Waals surface area contributed by atoms with Gasteiger partial charge in [-0.25, -0.2) is 0 Å². The summed E-state index contributed by atoms with van der Waals surface area (Å²) in [7, 11) is 0. The van der Waals surface area contributed by atoms with Crippen molar-refractivity contribution in [3.8, 4) is 0 Å². The van der Waals surface area contributed by atoms with Crippen molar-refractivity contribution >= 4 is 17.7 Å². The summed E-state index contributed by atoms with van der Waals surface area (Å²) < 4.78 is 0.238. The van der Waals surface area contributed by atoms with Crippen LogP contribution in [0.1, 0.15) is 30.7 Å². The summed E-state index contributed by atoms with van der Waals surface area (Å²) >= 11 is 1.89. The van der Waals surface area contributed by atoms with Crippen LogP contribution in [0.2, 0.25) is 0 Å². The van der Waals surface area contributed by atoms with Crippen molar-refractivity contribution in [2.24, 2.45) is 0 Å². The van der Waals surface area contributed by atoms with Crippen LogP contribution in [0.3, 0.4) is 0 Å². The summed E-state index contributed by atoms with van der Waals surface area (Å²) in [6.45, 7) is 0. The van der Waals surface area contributed by atoms with Crippen molar-refractivity contribution < 1.29 is 9.90 Å². The van der Waals surface area contributed by atoms with Gasteiger partial charge in [-0.05, 0) is 24.5 Å². The molecule has 1 aromatic carbocycles. The predicted octanol–water partition coefficient (Wildman–Crippen LogP) is 2.88. The number of fused-ring (bicyclic) bond motifs is 1. The third kappa shape index (κ3) is 1.37. The zero-order valence-corrected chi connectivity index (χ0v) is 9.09. The van der Waals surface area contributed by atoms with Gasteiger partial charge in [-0.15, -0.1) is 11.8 Å². The highest BCUT2D eigenvalue weighted by atomic mass is 32.2. The van der Waals surface area contributed by atoms with Gasteiger partial charge in [-0.2, -0.15) is 0 Å². The third-order valence-electron chi connectivity index (χ3n) is 3.36. The molecule has 0 radical (unpaired) electrons. The molecule has 0 saturated heterocycles. The first kappa shape index (κ1) is 9.28. The van der Waals surface area contributed by atoms with Crippen LogP contribution in [0.25, 0.3) is 0 Å². The minimum Gasteiger partial charge on any atom is -0.481 e. The molecule has 15 heavy (non-hydrogen) atoms. The summed E-state index contributed by atoms with van der Waals surface area (Å²) in [6, 6.07) is 8.24. The second-order valence-corrected chi connectivity index (χ2v) is 5.81. The number of aliphatic carboxylic acids is 1. The topological polar surface area (TPSA) is 37.3 Å². The third-order valence-corrected chi connectivity index (χ3v) is 5.06. The van der Waals surface area contributed by atoms with Crippen LogP contribution in [0, 0.1) is 0 Å². The van der Waals surface area contributed by atoms with Crippen molar-refractivity contribution in [3.63, 3.8) is 0 Å². The van der Waals surface area contributed by atoms with Gasteiger partial charge in [0.25, 0.3) is 0 Å². The minimum absolute atomic E-state index is 0.233. The molecule has 1 spiro atoms. The molecule has 0 aromatic heterocycles. The molecule has 1 atom stereocenters. The Labute approximate surface area is 92.7 Å². The summed E-state index contributed by atoms with van der Waals surface area (Å²) in [6.07, 6.45) is 2.62. The van der Waals surface area contributed by atoms with E-state index in [0.29, 0.717) is 0 Å². The Kier molecular flexibility index (Phi) is 1.87. The van der Waals surface area contributed by atoms with E-state index in [2.05, 4.69) is 12.1 Å². The number of hydrogen-bond donors (Lipinski definition) is 1. The lowest BCUT2D eigenvalue weighted by Crippen LogP contribution is -2.15. The lowest BCUT2D eigenvalue weighted by molar-refractivity contribution is -0.137. The van der Waals surface area contributed by atoms with Crippen LogP contribution in [-0.4, -0.2) is 15.8 Å². The Hall–Kier alpha value is -0.960. The fourth-order valence-corrected chi connectivity index (χ4v) is 4.05. The molecule has 1 heterocycles. The van der Waals surface area contributed by atoms with Crippen molar-refractivity contribution in [1.29, 1.82) is 0 Å². The van der Waals surface area contributed by atoms with Gasteiger partial charge in [0.05, 0.1) is 6.42 Å². The number of carbonyl (C=O) groups is 1. The van der Waals surface area contributed by atoms with Crippen molar-refractivity contribution in [2.75, 3.05) is 0 Å². The molecule has 0 bridgehead atoms. The first-order valence-electron chi connectivity index (χ1n) is 5.21. The van der Waals surface area contributed by atoms with E-state index >= 15 is 0 Å². The second kappa shape index (κ2) is 3.01. The molecule has 1 N–H and O–H groups in total. The molecule has 1 fully saturated rings. The molecule has 1 aliphatic carbocycles. The predicted molar refractivity (Wildman–Crippen MR) is 59.3 cm³/mol. The zero-order chi connectivity index (χ0) is 10.5. The van der Waals surface area contributed by atoms with Gasteiger partial charge in [-0.3, -0.25) is 4.79 Å². The van der Waals surface area contributed by atoms with E-state index in [0.717, 1.165) is 0 Å². The first-order chi connectivity index (χ1) is 7.21. The molecule has 1 aliphatic heterocycles. The number of rotatable bonds is 2. The molecule has 2 nitrogen and oxygen atoms in total. The van der Waals surface area contributed by atoms with Crippen molar-refractivity contribution in [2.45, 2.75) is 34.8 Å². The number of carboxylic acids is 1. The number of benzene rings is 1. The Morgan fingerprint density at radius 3 is 2.87 bits per heavy atom. The molecule has 1 saturated carbocycles. The van der Waals surface area contributed by atoms with Crippen LogP contribution >= 0.6 is 11.8 Å². The largest absolute Gasteiger partial charge is 0.481 e. The van der Waals surface area contributed by atoms with Crippen molar-refractivity contribution in [3.05, 3.63) is 29.8 Å². The maximum Gasteiger partial charge on any atom is 0.304 e. The van der Waals surface area contributed by atoms with Gasteiger partial charge in [-0.1, -0.05) is 18.2 Å². The Balaban J connectivity index is 2.00. The fraction of sp³-hybridized carbons (Fsp3) is 0.417. The number of hydrogen-bond acceptors (Lipinski definition) is 2. The van der Waals surface area contributed by atoms with Gasteiger partial charge >= 0.3 is 5.97 Å². The van der Waals surface area contributed by atoms with Gasteiger partial charge < -0.3 is 5.11 Å². The summed E-state index contributed by atoms with van der Waals surface area (Å²) in [5.74, 6) is -0.445. The maximum atomic E-state index is 10.9. The maximum absolute atomic E-state index is 10.9. The molecule has 3 heteroatoms. The summed E-state index contributed by atoms with van der Waals surface area (Å²) in [5, 5.41) is 8.95. The Morgan fingerprint density at radius 2 is 2.20 bits per heavy atom. The van der Waals surface area contributed by atoms with Crippen LogP contribution in [-0.2, 0) is 4.79 Å². The molecule has 3 rings (SSSR count). The van der Waals surface area contributed by atoms with Crippen LogP contribution < -0.4 is 0 Å². The van der Waals surface area contributed by atoms with Crippen LogP contribution in [0.15, 0.2) is 29.2 Å². The zero-order valence-electron chi connectivity index (χ0n) is 8.27. The lowest BCUT2D eigenvalue weighted by atomic mass is 9.91. The highest BCUT2D eigenvalue weighted by Crippen LogP contribution is 2.66. The lowest BCUT2D eigenvalue weighted by Gasteiger charge is -2.15. The highest BCUT2D eigenvalue weighted by molar-refractivity contribution is 8.01. The van der Waals surface area contributed by atoms with E-state index in [1.54, 1.807) is 0 Å². The van der Waals surface area contributed by atoms with Gasteiger partial charge in [0.2, 0.25) is 0 Å². The van der Waals surface area contributed by atoms with Crippen LogP contribution in [0.5, 0.6) is 0 Å². The number of thioether (sulfide) groups is 1. The fourth-order valence-electron chi connectivity index (χ4n) is 2.48. The molecule has 2 aliphatic rings. The van der Waals surface area contributed by atoms with Crippen LogP contribution in [0.4, 0.5) is 0 Å². The minimum atomic E-state index is -0.677. The quantitative estimate of drug-likeness (QED) is 0.832. The number of carboxylic acid groups (broad SMARTS) is 1. The molecule has 1 aromatic rings. The van der Waals surface area contributed by atoms with E-state index < -0.39 is 5.97 Å². The van der Waals surface area contributed by atoms with E-state index in [9.17, 15) is 4.79 Å².